The van der Waals surface area contributed by atoms with Gasteiger partial charge in [-0.05, 0) is 23.8 Å². The van der Waals surface area contributed by atoms with Crippen molar-refractivity contribution in [3.05, 3.63) is 77.9 Å². The van der Waals surface area contributed by atoms with Gasteiger partial charge in [0, 0.05) is 6.08 Å². The third-order valence-electron chi connectivity index (χ3n) is 2.70. The molecule has 0 aliphatic rings. The molecule has 0 saturated carbocycles. The predicted molar refractivity (Wildman–Crippen MR) is 79.2 cm³/mol. The fraction of sp³-hybridized carbons (Fsp3) is 0. The maximum absolute atomic E-state index is 11.7. The first-order valence-electron chi connectivity index (χ1n) is 6.13. The van der Waals surface area contributed by atoms with Gasteiger partial charge < -0.3 is 10.2 Å². The Bertz CT molecular complexity index is 655. The van der Waals surface area contributed by atoms with E-state index in [2.05, 4.69) is 0 Å². The number of phenols is 1. The average Bonchev–Trinajstić information content (AvgIpc) is 2.46. The molecule has 0 unspecified atom stereocenters. The Hall–Kier alpha value is -2.81. The molecule has 3 nitrogen and oxygen atoms in total. The van der Waals surface area contributed by atoms with Crippen LogP contribution in [-0.4, -0.2) is 16.0 Å². The van der Waals surface area contributed by atoms with E-state index in [0.29, 0.717) is 0 Å². The van der Waals surface area contributed by atoms with Crippen molar-refractivity contribution in [2.75, 3.05) is 0 Å². The number of para-hydroxylation sites is 1. The smallest absolute Gasteiger partial charge is 0.182 e. The Kier molecular flexibility index (Phi) is 4.35. The number of benzene rings is 2. The number of phenolic OH excluding ortho intramolecular Hbond substituents is 1. The van der Waals surface area contributed by atoms with Crippen LogP contribution in [0, 0.1) is 0 Å². The van der Waals surface area contributed by atoms with Gasteiger partial charge in [-0.15, -0.1) is 0 Å². The maximum atomic E-state index is 11.7. The van der Waals surface area contributed by atoms with Gasteiger partial charge in [0.1, 0.15) is 11.5 Å². The first kappa shape index (κ1) is 13.6. The van der Waals surface area contributed by atoms with Crippen LogP contribution in [0.25, 0.3) is 11.8 Å². The minimum atomic E-state index is -0.352. The Morgan fingerprint density at radius 2 is 1.60 bits per heavy atom. The Morgan fingerprint density at radius 3 is 2.30 bits per heavy atom. The zero-order chi connectivity index (χ0) is 14.4. The molecule has 0 aliphatic carbocycles. The number of hydrogen-bond donors (Lipinski definition) is 2. The van der Waals surface area contributed by atoms with Crippen LogP contribution in [0.4, 0.5) is 0 Å². The first-order valence-corrected chi connectivity index (χ1v) is 6.13. The monoisotopic (exact) mass is 266 g/mol. The van der Waals surface area contributed by atoms with Crippen LogP contribution in [0.3, 0.4) is 0 Å². The predicted octanol–water partition coefficient (Wildman–Crippen LogP) is 3.57. The number of aliphatic hydroxyl groups is 1. The highest BCUT2D eigenvalue weighted by Crippen LogP contribution is 2.22. The summed E-state index contributed by atoms with van der Waals surface area (Å²) in [4.78, 5) is 11.7. The minimum Gasteiger partial charge on any atom is -0.507 e. The van der Waals surface area contributed by atoms with E-state index in [0.717, 1.165) is 11.6 Å². The van der Waals surface area contributed by atoms with Crippen molar-refractivity contribution >= 4 is 17.6 Å². The number of carbonyl (C=O) groups is 1. The van der Waals surface area contributed by atoms with E-state index in [-0.39, 0.29) is 22.9 Å². The Balaban J connectivity index is 2.13. The fourth-order valence-electron chi connectivity index (χ4n) is 1.69. The molecule has 100 valence electrons. The number of ketones is 1. The van der Waals surface area contributed by atoms with Crippen LogP contribution >= 0.6 is 0 Å². The molecule has 0 spiro atoms. The molecule has 0 radical (unpaired) electrons. The average molecular weight is 266 g/mol. The minimum absolute atomic E-state index is 0.0684. The van der Waals surface area contributed by atoms with Crippen LogP contribution in [0.5, 0.6) is 5.75 Å². The lowest BCUT2D eigenvalue weighted by Crippen LogP contribution is -1.91. The molecule has 0 fully saturated rings. The summed E-state index contributed by atoms with van der Waals surface area (Å²) in [6.07, 6.45) is 4.11. The van der Waals surface area contributed by atoms with Gasteiger partial charge in [-0.3, -0.25) is 4.79 Å². The molecule has 0 aliphatic heterocycles. The van der Waals surface area contributed by atoms with Crippen molar-refractivity contribution in [1.82, 2.24) is 0 Å². The van der Waals surface area contributed by atoms with E-state index in [1.165, 1.54) is 18.2 Å². The summed E-state index contributed by atoms with van der Waals surface area (Å²) in [5.74, 6) is -0.679. The van der Waals surface area contributed by atoms with E-state index >= 15 is 0 Å². The SMILES string of the molecule is O=C(C=C(O)c1ccccc1O)/C=C/c1ccccc1. The van der Waals surface area contributed by atoms with Gasteiger partial charge >= 0.3 is 0 Å². The van der Waals surface area contributed by atoms with Gasteiger partial charge in [-0.2, -0.15) is 0 Å². The summed E-state index contributed by atoms with van der Waals surface area (Å²) < 4.78 is 0. The van der Waals surface area contributed by atoms with Crippen molar-refractivity contribution in [2.45, 2.75) is 0 Å². The van der Waals surface area contributed by atoms with Gasteiger partial charge in [-0.1, -0.05) is 48.5 Å². The van der Waals surface area contributed by atoms with E-state index in [1.54, 1.807) is 18.2 Å². The van der Waals surface area contributed by atoms with Crippen molar-refractivity contribution < 1.29 is 15.0 Å². The van der Waals surface area contributed by atoms with Crippen molar-refractivity contribution in [3.8, 4) is 5.75 Å². The second-order valence-corrected chi connectivity index (χ2v) is 4.19. The number of rotatable bonds is 4. The second-order valence-electron chi connectivity index (χ2n) is 4.19. The van der Waals surface area contributed by atoms with Gasteiger partial charge in [0.05, 0.1) is 5.56 Å². The number of hydrogen-bond acceptors (Lipinski definition) is 3. The third kappa shape index (κ3) is 3.59. The molecule has 0 atom stereocenters. The molecule has 0 aromatic heterocycles. The topological polar surface area (TPSA) is 57.5 Å². The molecule has 0 bridgehead atoms. The van der Waals surface area contributed by atoms with Gasteiger partial charge in [0.25, 0.3) is 0 Å². The molecule has 2 aromatic carbocycles. The summed E-state index contributed by atoms with van der Waals surface area (Å²) in [6.45, 7) is 0. The van der Waals surface area contributed by atoms with Crippen LogP contribution in [0.15, 0.2) is 66.7 Å². The quantitative estimate of drug-likeness (QED) is 0.657. The van der Waals surface area contributed by atoms with Gasteiger partial charge in [0.15, 0.2) is 5.78 Å². The van der Waals surface area contributed by atoms with Crippen molar-refractivity contribution in [3.63, 3.8) is 0 Å². The Morgan fingerprint density at radius 1 is 0.950 bits per heavy atom. The summed E-state index contributed by atoms with van der Waals surface area (Å²) in [5.41, 5.74) is 1.13. The normalized spacial score (nSPS) is 11.7. The number of carbonyl (C=O) groups excluding carboxylic acids is 1. The van der Waals surface area contributed by atoms with Crippen LogP contribution in [0.2, 0.25) is 0 Å². The number of aromatic hydroxyl groups is 1. The van der Waals surface area contributed by atoms with E-state index in [9.17, 15) is 15.0 Å². The van der Waals surface area contributed by atoms with Crippen molar-refractivity contribution in [1.29, 1.82) is 0 Å². The summed E-state index contributed by atoms with van der Waals surface area (Å²) in [6, 6.07) is 15.7. The summed E-state index contributed by atoms with van der Waals surface area (Å²) in [5, 5.41) is 19.4. The van der Waals surface area contributed by atoms with E-state index in [4.69, 9.17) is 0 Å². The van der Waals surface area contributed by atoms with Gasteiger partial charge in [0.2, 0.25) is 0 Å². The summed E-state index contributed by atoms with van der Waals surface area (Å²) in [7, 11) is 0. The fourth-order valence-corrected chi connectivity index (χ4v) is 1.69. The largest absolute Gasteiger partial charge is 0.507 e. The highest BCUT2D eigenvalue weighted by molar-refractivity contribution is 6.05. The molecular weight excluding hydrogens is 252 g/mol. The molecule has 3 heteroatoms. The second kappa shape index (κ2) is 6.38. The molecule has 2 aromatic rings. The van der Waals surface area contributed by atoms with Crippen molar-refractivity contribution in [2.24, 2.45) is 0 Å². The Labute approximate surface area is 117 Å². The van der Waals surface area contributed by atoms with Crippen LogP contribution < -0.4 is 0 Å². The molecule has 0 heterocycles. The van der Waals surface area contributed by atoms with Gasteiger partial charge in [-0.25, -0.2) is 0 Å². The lowest BCUT2D eigenvalue weighted by molar-refractivity contribution is -0.110. The first-order chi connectivity index (χ1) is 9.66. The third-order valence-corrected chi connectivity index (χ3v) is 2.70. The molecule has 0 saturated heterocycles. The maximum Gasteiger partial charge on any atom is 0.182 e. The zero-order valence-electron chi connectivity index (χ0n) is 10.7. The molecule has 2 N–H and O–H groups in total. The molecular formula is C17H14O3. The molecule has 0 amide bonds. The van der Waals surface area contributed by atoms with Crippen LogP contribution in [0.1, 0.15) is 11.1 Å². The highest BCUT2D eigenvalue weighted by atomic mass is 16.3. The highest BCUT2D eigenvalue weighted by Gasteiger charge is 2.05. The lowest BCUT2D eigenvalue weighted by atomic mass is 10.1. The molecule has 2 rings (SSSR count). The van der Waals surface area contributed by atoms with Crippen LogP contribution in [-0.2, 0) is 4.79 Å². The number of allylic oxidation sites excluding steroid dienone is 2. The summed E-state index contributed by atoms with van der Waals surface area (Å²) >= 11 is 0. The zero-order valence-corrected chi connectivity index (χ0v) is 10.7. The lowest BCUT2D eigenvalue weighted by Gasteiger charge is -2.01. The van der Waals surface area contributed by atoms with E-state index in [1.807, 2.05) is 30.3 Å². The van der Waals surface area contributed by atoms with E-state index < -0.39 is 0 Å². The standard InChI is InChI=1S/C17H14O3/c18-14(11-10-13-6-2-1-3-7-13)12-17(20)15-8-4-5-9-16(15)19/h1-12,19-20H/b11-10+,17-12?. The molecule has 20 heavy (non-hydrogen) atoms. The number of aliphatic hydroxyl groups excluding tert-OH is 1.